The molecule has 0 saturated heterocycles. The van der Waals surface area contributed by atoms with Crippen molar-refractivity contribution in [3.8, 4) is 11.4 Å². The van der Waals surface area contributed by atoms with Gasteiger partial charge in [0.15, 0.2) is 0 Å². The maximum absolute atomic E-state index is 13.4. The lowest BCUT2D eigenvalue weighted by atomic mass is 10.1. The summed E-state index contributed by atoms with van der Waals surface area (Å²) in [6, 6.07) is 24.1. The number of halogens is 1. The molecule has 10 heteroatoms. The quantitative estimate of drug-likeness (QED) is 0.305. The molecule has 3 aromatic carbocycles. The normalized spacial score (nSPS) is 11.4. The summed E-state index contributed by atoms with van der Waals surface area (Å²) in [6.07, 6.45) is 0.450. The third-order valence-corrected chi connectivity index (χ3v) is 7.94. The SMILES string of the molecule is Cc1cc(=O)[nH]c(-c2cccc(NC(=O)CN(CCc3ccccc3)S(=O)(=O)c3ccc(Br)cc3)c2)n1. The van der Waals surface area contributed by atoms with Gasteiger partial charge in [-0.1, -0.05) is 58.4 Å². The summed E-state index contributed by atoms with van der Waals surface area (Å²) in [5, 5.41) is 2.77. The molecule has 0 aliphatic heterocycles. The van der Waals surface area contributed by atoms with Gasteiger partial charge in [0.2, 0.25) is 15.9 Å². The lowest BCUT2D eigenvalue weighted by molar-refractivity contribution is -0.116. The van der Waals surface area contributed by atoms with Crippen LogP contribution in [-0.2, 0) is 21.2 Å². The lowest BCUT2D eigenvalue weighted by Gasteiger charge is -2.22. The monoisotopic (exact) mass is 580 g/mol. The highest BCUT2D eigenvalue weighted by Gasteiger charge is 2.26. The molecule has 4 rings (SSSR count). The standard InChI is InChI=1S/C27H25BrN4O4S/c1-19-16-25(33)31-27(29-19)21-8-5-9-23(17-21)30-26(34)18-32(15-14-20-6-3-2-4-7-20)37(35,36)24-12-10-22(28)11-13-24/h2-13,16-17H,14-15,18H2,1H3,(H,30,34)(H,29,31,33). The minimum Gasteiger partial charge on any atom is -0.325 e. The Morgan fingerprint density at radius 1 is 1.00 bits per heavy atom. The molecule has 0 fully saturated rings. The van der Waals surface area contributed by atoms with E-state index in [1.54, 1.807) is 43.3 Å². The summed E-state index contributed by atoms with van der Waals surface area (Å²) in [5.41, 5.74) is 2.33. The number of nitrogens with zero attached hydrogens (tertiary/aromatic N) is 2. The Kier molecular flexibility index (Phi) is 8.32. The summed E-state index contributed by atoms with van der Waals surface area (Å²) >= 11 is 3.32. The fourth-order valence-electron chi connectivity index (χ4n) is 3.76. The van der Waals surface area contributed by atoms with E-state index in [0.717, 1.165) is 10.0 Å². The Morgan fingerprint density at radius 3 is 2.43 bits per heavy atom. The van der Waals surface area contributed by atoms with Crippen molar-refractivity contribution in [1.29, 1.82) is 0 Å². The van der Waals surface area contributed by atoms with Crippen LogP contribution in [0.2, 0.25) is 0 Å². The number of aromatic amines is 1. The Labute approximate surface area is 223 Å². The molecule has 0 aliphatic carbocycles. The second kappa shape index (κ2) is 11.6. The first kappa shape index (κ1) is 26.5. The van der Waals surface area contributed by atoms with E-state index in [4.69, 9.17) is 0 Å². The maximum Gasteiger partial charge on any atom is 0.251 e. The molecule has 37 heavy (non-hydrogen) atoms. The van der Waals surface area contributed by atoms with Crippen molar-refractivity contribution in [2.24, 2.45) is 0 Å². The van der Waals surface area contributed by atoms with Crippen LogP contribution in [0.1, 0.15) is 11.3 Å². The van der Waals surface area contributed by atoms with Crippen LogP contribution in [0.4, 0.5) is 5.69 Å². The topological polar surface area (TPSA) is 112 Å². The number of aromatic nitrogens is 2. The number of hydrogen-bond donors (Lipinski definition) is 2. The van der Waals surface area contributed by atoms with Crippen LogP contribution in [0.5, 0.6) is 0 Å². The Bertz CT molecular complexity index is 1560. The van der Waals surface area contributed by atoms with Gasteiger partial charge in [-0.3, -0.25) is 9.59 Å². The number of sulfonamides is 1. The van der Waals surface area contributed by atoms with Crippen molar-refractivity contribution >= 4 is 37.5 Å². The van der Waals surface area contributed by atoms with E-state index < -0.39 is 15.9 Å². The fraction of sp³-hybridized carbons (Fsp3) is 0.148. The van der Waals surface area contributed by atoms with E-state index in [-0.39, 0.29) is 23.5 Å². The highest BCUT2D eigenvalue weighted by atomic mass is 79.9. The largest absolute Gasteiger partial charge is 0.325 e. The molecule has 0 radical (unpaired) electrons. The molecule has 2 N–H and O–H groups in total. The van der Waals surface area contributed by atoms with Gasteiger partial charge in [-0.15, -0.1) is 0 Å². The third kappa shape index (κ3) is 7.00. The van der Waals surface area contributed by atoms with Crippen LogP contribution >= 0.6 is 15.9 Å². The number of benzene rings is 3. The molecule has 0 atom stereocenters. The molecule has 4 aromatic rings. The first-order valence-electron chi connectivity index (χ1n) is 11.5. The number of carbonyl (C=O) groups is 1. The van der Waals surface area contributed by atoms with Crippen molar-refractivity contribution < 1.29 is 13.2 Å². The first-order valence-corrected chi connectivity index (χ1v) is 13.7. The molecular weight excluding hydrogens is 556 g/mol. The summed E-state index contributed by atoms with van der Waals surface area (Å²) in [5.74, 6) is -0.111. The minimum absolute atomic E-state index is 0.105. The van der Waals surface area contributed by atoms with Crippen molar-refractivity contribution in [1.82, 2.24) is 14.3 Å². The van der Waals surface area contributed by atoms with E-state index in [0.29, 0.717) is 29.2 Å². The van der Waals surface area contributed by atoms with Gasteiger partial charge in [-0.05, 0) is 55.3 Å². The van der Waals surface area contributed by atoms with Crippen LogP contribution in [0.3, 0.4) is 0 Å². The zero-order chi connectivity index (χ0) is 26.4. The van der Waals surface area contributed by atoms with E-state index in [2.05, 4.69) is 31.2 Å². The molecule has 1 amide bonds. The summed E-state index contributed by atoms with van der Waals surface area (Å²) < 4.78 is 28.8. The van der Waals surface area contributed by atoms with Gasteiger partial charge < -0.3 is 10.3 Å². The van der Waals surface area contributed by atoms with E-state index in [1.807, 2.05) is 30.3 Å². The molecule has 1 aromatic heterocycles. The lowest BCUT2D eigenvalue weighted by Crippen LogP contribution is -2.39. The number of nitrogens with one attached hydrogen (secondary N) is 2. The van der Waals surface area contributed by atoms with Crippen LogP contribution in [0, 0.1) is 6.92 Å². The number of hydrogen-bond acceptors (Lipinski definition) is 5. The molecule has 0 saturated carbocycles. The summed E-state index contributed by atoms with van der Waals surface area (Å²) in [6.45, 7) is 1.49. The number of anilines is 1. The van der Waals surface area contributed by atoms with Gasteiger partial charge in [-0.25, -0.2) is 13.4 Å². The molecule has 1 heterocycles. The fourth-order valence-corrected chi connectivity index (χ4v) is 5.42. The number of aryl methyl sites for hydroxylation is 1. The second-order valence-corrected chi connectivity index (χ2v) is 11.2. The van der Waals surface area contributed by atoms with Crippen LogP contribution < -0.4 is 10.9 Å². The van der Waals surface area contributed by atoms with E-state index in [9.17, 15) is 18.0 Å². The van der Waals surface area contributed by atoms with E-state index >= 15 is 0 Å². The Morgan fingerprint density at radius 2 is 1.73 bits per heavy atom. The number of amides is 1. The Hall–Kier alpha value is -3.60. The van der Waals surface area contributed by atoms with Gasteiger partial charge in [0, 0.05) is 34.0 Å². The predicted octanol–water partition coefficient (Wildman–Crippen LogP) is 4.38. The van der Waals surface area contributed by atoms with E-state index in [1.165, 1.54) is 22.5 Å². The number of H-pyrrole nitrogens is 1. The first-order chi connectivity index (χ1) is 17.7. The minimum atomic E-state index is -3.93. The summed E-state index contributed by atoms with van der Waals surface area (Å²) in [4.78, 5) is 32.0. The van der Waals surface area contributed by atoms with Gasteiger partial charge in [0.05, 0.1) is 11.4 Å². The van der Waals surface area contributed by atoms with Crippen LogP contribution in [0.25, 0.3) is 11.4 Å². The highest BCUT2D eigenvalue weighted by molar-refractivity contribution is 9.10. The third-order valence-electron chi connectivity index (χ3n) is 5.55. The maximum atomic E-state index is 13.4. The number of rotatable bonds is 9. The van der Waals surface area contributed by atoms with Gasteiger partial charge >= 0.3 is 0 Å². The molecule has 0 bridgehead atoms. The molecule has 8 nitrogen and oxygen atoms in total. The van der Waals surface area contributed by atoms with Gasteiger partial charge in [-0.2, -0.15) is 4.31 Å². The van der Waals surface area contributed by atoms with Crippen LogP contribution in [0.15, 0.2) is 99.1 Å². The van der Waals surface area contributed by atoms with Gasteiger partial charge in [0.25, 0.3) is 5.56 Å². The van der Waals surface area contributed by atoms with Crippen molar-refractivity contribution in [3.63, 3.8) is 0 Å². The summed E-state index contributed by atoms with van der Waals surface area (Å²) in [7, 11) is -3.93. The molecule has 0 unspecified atom stereocenters. The zero-order valence-corrected chi connectivity index (χ0v) is 22.4. The average Bonchev–Trinajstić information content (AvgIpc) is 2.87. The molecule has 0 spiro atoms. The van der Waals surface area contributed by atoms with Crippen LogP contribution in [-0.4, -0.2) is 41.7 Å². The smallest absolute Gasteiger partial charge is 0.251 e. The number of carbonyl (C=O) groups excluding carboxylic acids is 1. The Balaban J connectivity index is 1.55. The molecular formula is C27H25BrN4O4S. The van der Waals surface area contributed by atoms with Crippen molar-refractivity contribution in [3.05, 3.63) is 111 Å². The average molecular weight is 581 g/mol. The van der Waals surface area contributed by atoms with Crippen molar-refractivity contribution in [2.45, 2.75) is 18.2 Å². The van der Waals surface area contributed by atoms with Crippen molar-refractivity contribution in [2.75, 3.05) is 18.4 Å². The molecule has 0 aliphatic rings. The zero-order valence-electron chi connectivity index (χ0n) is 20.0. The second-order valence-electron chi connectivity index (χ2n) is 8.39. The highest BCUT2D eigenvalue weighted by Crippen LogP contribution is 2.21. The molecule has 190 valence electrons. The predicted molar refractivity (Wildman–Crippen MR) is 147 cm³/mol. The van der Waals surface area contributed by atoms with Gasteiger partial charge in [0.1, 0.15) is 5.82 Å².